The highest BCUT2D eigenvalue weighted by molar-refractivity contribution is 5.80. The van der Waals surface area contributed by atoms with Crippen LogP contribution in [0.15, 0.2) is 0 Å². The third-order valence-electron chi connectivity index (χ3n) is 4.25. The summed E-state index contributed by atoms with van der Waals surface area (Å²) in [6.45, 7) is 0. The standard InChI is InChI=1S/C10H14O/c11-9-4-3-7-1-2-8-5-10(7,8)6-9/h7-8H,1-6H2/t7-,8-,10+/m0/s1. The number of hydrogen-bond acceptors (Lipinski definition) is 1. The van der Waals surface area contributed by atoms with Gasteiger partial charge in [0, 0.05) is 12.8 Å². The Bertz CT molecular complexity index is 221. The number of Topliss-reactive ketones (excluding diaryl/α,β-unsaturated/α-hetero) is 1. The average Bonchev–Trinajstić information content (AvgIpc) is 2.54. The molecule has 0 aromatic heterocycles. The van der Waals surface area contributed by atoms with E-state index in [0.29, 0.717) is 11.2 Å². The minimum Gasteiger partial charge on any atom is -0.300 e. The van der Waals surface area contributed by atoms with Crippen molar-refractivity contribution in [1.29, 1.82) is 0 Å². The van der Waals surface area contributed by atoms with Crippen molar-refractivity contribution in [3.8, 4) is 0 Å². The first kappa shape index (κ1) is 6.22. The van der Waals surface area contributed by atoms with Crippen molar-refractivity contribution in [2.45, 2.75) is 38.5 Å². The second-order valence-electron chi connectivity index (χ2n) is 4.66. The molecule has 1 spiro atoms. The summed E-state index contributed by atoms with van der Waals surface area (Å²) in [5, 5.41) is 0. The third-order valence-corrected chi connectivity index (χ3v) is 4.25. The third kappa shape index (κ3) is 0.646. The van der Waals surface area contributed by atoms with Crippen molar-refractivity contribution < 1.29 is 4.79 Å². The van der Waals surface area contributed by atoms with Gasteiger partial charge in [-0.3, -0.25) is 4.79 Å². The summed E-state index contributed by atoms with van der Waals surface area (Å²) in [5.41, 5.74) is 0.579. The van der Waals surface area contributed by atoms with E-state index in [9.17, 15) is 4.79 Å². The number of hydrogen-bond donors (Lipinski definition) is 0. The molecule has 0 N–H and O–H groups in total. The zero-order valence-corrected chi connectivity index (χ0v) is 6.81. The number of ketones is 1. The van der Waals surface area contributed by atoms with Crippen LogP contribution in [0.4, 0.5) is 0 Å². The summed E-state index contributed by atoms with van der Waals surface area (Å²) in [4.78, 5) is 11.2. The smallest absolute Gasteiger partial charge is 0.133 e. The van der Waals surface area contributed by atoms with E-state index in [1.54, 1.807) is 0 Å². The Balaban J connectivity index is 1.91. The Morgan fingerprint density at radius 2 is 2.00 bits per heavy atom. The van der Waals surface area contributed by atoms with Gasteiger partial charge >= 0.3 is 0 Å². The van der Waals surface area contributed by atoms with Gasteiger partial charge in [-0.25, -0.2) is 0 Å². The van der Waals surface area contributed by atoms with Gasteiger partial charge in [0.2, 0.25) is 0 Å². The van der Waals surface area contributed by atoms with E-state index in [1.165, 1.54) is 25.7 Å². The van der Waals surface area contributed by atoms with E-state index in [-0.39, 0.29) is 0 Å². The number of rotatable bonds is 0. The molecule has 0 bridgehead atoms. The predicted molar refractivity (Wildman–Crippen MR) is 42.1 cm³/mol. The van der Waals surface area contributed by atoms with Crippen LogP contribution in [0, 0.1) is 17.3 Å². The minimum atomic E-state index is 0.547. The lowest BCUT2D eigenvalue weighted by molar-refractivity contribution is -0.123. The molecule has 0 aromatic carbocycles. The van der Waals surface area contributed by atoms with E-state index >= 15 is 0 Å². The van der Waals surface area contributed by atoms with Crippen molar-refractivity contribution in [2.24, 2.45) is 17.3 Å². The fraction of sp³-hybridized carbons (Fsp3) is 0.900. The van der Waals surface area contributed by atoms with Crippen LogP contribution in [0.25, 0.3) is 0 Å². The SMILES string of the molecule is O=C1CC[C@@H]2CC[C@H]3C[C@@]23C1. The van der Waals surface area contributed by atoms with Crippen molar-refractivity contribution >= 4 is 5.78 Å². The molecule has 3 aliphatic rings. The molecule has 1 heteroatoms. The van der Waals surface area contributed by atoms with Crippen molar-refractivity contribution in [1.82, 2.24) is 0 Å². The maximum absolute atomic E-state index is 11.2. The first-order valence-electron chi connectivity index (χ1n) is 4.83. The monoisotopic (exact) mass is 150 g/mol. The highest BCUT2D eigenvalue weighted by Gasteiger charge is 2.63. The Labute approximate surface area is 67.2 Å². The van der Waals surface area contributed by atoms with Gasteiger partial charge in [0.25, 0.3) is 0 Å². The molecule has 0 amide bonds. The van der Waals surface area contributed by atoms with Crippen molar-refractivity contribution in [3.05, 3.63) is 0 Å². The van der Waals surface area contributed by atoms with Gasteiger partial charge in [0.05, 0.1) is 0 Å². The lowest BCUT2D eigenvalue weighted by Crippen LogP contribution is -2.24. The van der Waals surface area contributed by atoms with Gasteiger partial charge < -0.3 is 0 Å². The fourth-order valence-electron chi connectivity index (χ4n) is 3.56. The Kier molecular flexibility index (Phi) is 0.961. The molecule has 0 aliphatic heterocycles. The lowest BCUT2D eigenvalue weighted by atomic mass is 9.77. The fourth-order valence-corrected chi connectivity index (χ4v) is 3.56. The molecule has 0 heterocycles. The van der Waals surface area contributed by atoms with E-state index < -0.39 is 0 Å². The van der Waals surface area contributed by atoms with Crippen molar-refractivity contribution in [2.75, 3.05) is 0 Å². The molecule has 3 aliphatic carbocycles. The van der Waals surface area contributed by atoms with Gasteiger partial charge in [0.15, 0.2) is 0 Å². The van der Waals surface area contributed by atoms with Crippen molar-refractivity contribution in [3.63, 3.8) is 0 Å². The summed E-state index contributed by atoms with van der Waals surface area (Å²) < 4.78 is 0. The second-order valence-corrected chi connectivity index (χ2v) is 4.66. The number of carbonyl (C=O) groups excluding carboxylic acids is 1. The average molecular weight is 150 g/mol. The molecule has 3 rings (SSSR count). The van der Waals surface area contributed by atoms with Crippen LogP contribution in [-0.4, -0.2) is 5.78 Å². The van der Waals surface area contributed by atoms with E-state index in [2.05, 4.69) is 0 Å². The second kappa shape index (κ2) is 1.70. The van der Waals surface area contributed by atoms with E-state index in [1.807, 2.05) is 0 Å². The van der Waals surface area contributed by atoms with E-state index in [4.69, 9.17) is 0 Å². The molecule has 3 atom stereocenters. The summed E-state index contributed by atoms with van der Waals surface area (Å²) in [5.74, 6) is 2.47. The molecule has 0 unspecified atom stereocenters. The molecular formula is C10H14O. The maximum atomic E-state index is 11.2. The summed E-state index contributed by atoms with van der Waals surface area (Å²) in [7, 11) is 0. The van der Waals surface area contributed by atoms with Gasteiger partial charge in [-0.15, -0.1) is 0 Å². The van der Waals surface area contributed by atoms with Crippen LogP contribution < -0.4 is 0 Å². The van der Waals surface area contributed by atoms with Crippen LogP contribution in [0.2, 0.25) is 0 Å². The molecule has 1 nitrogen and oxygen atoms in total. The molecule has 0 saturated heterocycles. The Hall–Kier alpha value is -0.330. The Morgan fingerprint density at radius 3 is 2.82 bits per heavy atom. The molecule has 3 fully saturated rings. The topological polar surface area (TPSA) is 17.1 Å². The quantitative estimate of drug-likeness (QED) is 0.517. The highest BCUT2D eigenvalue weighted by Crippen LogP contribution is 2.70. The molecule has 0 radical (unpaired) electrons. The van der Waals surface area contributed by atoms with Crippen LogP contribution >= 0.6 is 0 Å². The molecule has 3 saturated carbocycles. The zero-order chi connectivity index (χ0) is 7.47. The van der Waals surface area contributed by atoms with Gasteiger partial charge in [-0.2, -0.15) is 0 Å². The van der Waals surface area contributed by atoms with Gasteiger partial charge in [-0.1, -0.05) is 0 Å². The predicted octanol–water partition coefficient (Wildman–Crippen LogP) is 2.16. The van der Waals surface area contributed by atoms with Crippen LogP contribution in [0.1, 0.15) is 38.5 Å². The van der Waals surface area contributed by atoms with Crippen LogP contribution in [0.3, 0.4) is 0 Å². The van der Waals surface area contributed by atoms with Gasteiger partial charge in [-0.05, 0) is 42.9 Å². The lowest BCUT2D eigenvalue weighted by Gasteiger charge is -2.27. The van der Waals surface area contributed by atoms with Gasteiger partial charge in [0.1, 0.15) is 5.78 Å². The Morgan fingerprint density at radius 1 is 1.18 bits per heavy atom. The largest absolute Gasteiger partial charge is 0.300 e. The summed E-state index contributed by atoms with van der Waals surface area (Å²) in [6, 6.07) is 0. The molecule has 60 valence electrons. The molecule has 11 heavy (non-hydrogen) atoms. The normalized spacial score (nSPS) is 53.6. The highest BCUT2D eigenvalue weighted by atomic mass is 16.1. The zero-order valence-electron chi connectivity index (χ0n) is 6.81. The van der Waals surface area contributed by atoms with Crippen LogP contribution in [0.5, 0.6) is 0 Å². The van der Waals surface area contributed by atoms with Crippen LogP contribution in [-0.2, 0) is 4.79 Å². The first-order valence-corrected chi connectivity index (χ1v) is 4.83. The molecule has 0 aromatic rings. The number of carbonyl (C=O) groups is 1. The first-order chi connectivity index (χ1) is 5.31. The summed E-state index contributed by atoms with van der Waals surface area (Å²) >= 11 is 0. The van der Waals surface area contributed by atoms with E-state index in [0.717, 1.165) is 24.7 Å². The maximum Gasteiger partial charge on any atom is 0.133 e. The minimum absolute atomic E-state index is 0.547. The summed E-state index contributed by atoms with van der Waals surface area (Å²) in [6.07, 6.45) is 7.30. The molecular weight excluding hydrogens is 136 g/mol.